The van der Waals surface area contributed by atoms with Crippen LogP contribution in [0.15, 0.2) is 41.9 Å². The van der Waals surface area contributed by atoms with Crippen LogP contribution >= 0.6 is 0 Å². The molecule has 0 saturated carbocycles. The summed E-state index contributed by atoms with van der Waals surface area (Å²) in [6, 6.07) is 7.06. The van der Waals surface area contributed by atoms with Crippen molar-refractivity contribution in [1.29, 1.82) is 0 Å². The quantitative estimate of drug-likeness (QED) is 0.331. The zero-order chi connectivity index (χ0) is 10.7. The number of amidine groups is 1. The summed E-state index contributed by atoms with van der Waals surface area (Å²) in [4.78, 5) is 0. The lowest BCUT2D eigenvalue weighted by molar-refractivity contribution is -0.0245. The Labute approximate surface area is 86.4 Å². The van der Waals surface area contributed by atoms with Crippen LogP contribution in [0.5, 0.6) is 0 Å². The molecule has 0 aliphatic carbocycles. The van der Waals surface area contributed by atoms with Gasteiger partial charge in [-0.1, -0.05) is 29.4 Å². The number of rotatable bonds is 2. The maximum Gasteiger partial charge on any atom is 0.266 e. The van der Waals surface area contributed by atoms with Crippen molar-refractivity contribution in [2.24, 2.45) is 10.9 Å². The van der Waals surface area contributed by atoms with Crippen LogP contribution in [0.1, 0.15) is 17.4 Å². The minimum absolute atomic E-state index is 0.0768. The molecule has 78 valence electrons. The van der Waals surface area contributed by atoms with Crippen LogP contribution in [0.4, 0.5) is 0 Å². The highest BCUT2D eigenvalue weighted by atomic mass is 16.7. The van der Waals surface area contributed by atoms with Crippen LogP contribution in [0, 0.1) is 0 Å². The van der Waals surface area contributed by atoms with E-state index >= 15 is 0 Å². The predicted octanol–water partition coefficient (Wildman–Crippen LogP) is 1.30. The number of nitrogens with zero attached hydrogens (tertiary/aromatic N) is 1. The van der Waals surface area contributed by atoms with E-state index in [0.29, 0.717) is 5.56 Å². The van der Waals surface area contributed by atoms with Gasteiger partial charge in [0.2, 0.25) is 0 Å². The Morgan fingerprint density at radius 3 is 2.33 bits per heavy atom. The van der Waals surface area contributed by atoms with Crippen LogP contribution < -0.4 is 5.73 Å². The van der Waals surface area contributed by atoms with Gasteiger partial charge in [-0.2, -0.15) is 0 Å². The molecule has 0 bridgehead atoms. The third-order valence-electron chi connectivity index (χ3n) is 2.05. The van der Waals surface area contributed by atoms with E-state index in [-0.39, 0.29) is 5.84 Å². The van der Waals surface area contributed by atoms with E-state index in [1.165, 1.54) is 12.5 Å². The topological polar surface area (TPSA) is 77.1 Å². The molecule has 15 heavy (non-hydrogen) atoms. The molecule has 0 unspecified atom stereocenters. The molecule has 0 amide bonds. The van der Waals surface area contributed by atoms with Gasteiger partial charge in [-0.15, -0.1) is 0 Å². The van der Waals surface area contributed by atoms with Gasteiger partial charge in [0.05, 0.1) is 0 Å². The summed E-state index contributed by atoms with van der Waals surface area (Å²) in [7, 11) is 0. The Bertz CT molecular complexity index is 390. The smallest absolute Gasteiger partial charge is 0.266 e. The normalized spacial score (nSPS) is 16.1. The first-order valence-electron chi connectivity index (χ1n) is 4.35. The van der Waals surface area contributed by atoms with Gasteiger partial charge in [-0.3, -0.25) is 0 Å². The number of oxime groups is 1. The van der Waals surface area contributed by atoms with Crippen molar-refractivity contribution in [1.82, 2.24) is 0 Å². The summed E-state index contributed by atoms with van der Waals surface area (Å²) in [6.45, 7) is 0. The predicted molar refractivity (Wildman–Crippen MR) is 53.0 cm³/mol. The van der Waals surface area contributed by atoms with Crippen molar-refractivity contribution in [2.75, 3.05) is 0 Å². The van der Waals surface area contributed by atoms with E-state index in [9.17, 15) is 0 Å². The number of nitrogens with two attached hydrogens (primary N) is 1. The highest BCUT2D eigenvalue weighted by Gasteiger charge is 2.14. The van der Waals surface area contributed by atoms with Gasteiger partial charge in [0.15, 0.2) is 5.84 Å². The van der Waals surface area contributed by atoms with Crippen LogP contribution in [0.25, 0.3) is 0 Å². The van der Waals surface area contributed by atoms with Crippen molar-refractivity contribution < 1.29 is 14.7 Å². The molecular weight excluding hydrogens is 196 g/mol. The van der Waals surface area contributed by atoms with E-state index in [4.69, 9.17) is 20.4 Å². The Morgan fingerprint density at radius 1 is 1.20 bits per heavy atom. The minimum atomic E-state index is -0.397. The van der Waals surface area contributed by atoms with Gasteiger partial charge >= 0.3 is 0 Å². The molecule has 2 rings (SSSR count). The van der Waals surface area contributed by atoms with E-state index in [0.717, 1.165) is 5.56 Å². The fraction of sp³-hybridized carbons (Fsp3) is 0.100. The van der Waals surface area contributed by atoms with Gasteiger partial charge in [-0.05, 0) is 0 Å². The first-order valence-corrected chi connectivity index (χ1v) is 4.35. The molecule has 0 fully saturated rings. The Morgan fingerprint density at radius 2 is 1.80 bits per heavy atom. The number of hydrogen-bond donors (Lipinski definition) is 2. The summed E-state index contributed by atoms with van der Waals surface area (Å²) >= 11 is 0. The van der Waals surface area contributed by atoms with Crippen molar-refractivity contribution in [3.8, 4) is 0 Å². The molecular formula is C10H10N2O3. The maximum absolute atomic E-state index is 8.47. The molecule has 5 nitrogen and oxygen atoms in total. The van der Waals surface area contributed by atoms with E-state index < -0.39 is 6.29 Å². The molecule has 1 heterocycles. The first kappa shape index (κ1) is 9.39. The molecule has 1 aliphatic heterocycles. The van der Waals surface area contributed by atoms with Gasteiger partial charge in [-0.25, -0.2) is 0 Å². The fourth-order valence-electron chi connectivity index (χ4n) is 1.26. The largest absolute Gasteiger partial charge is 0.455 e. The molecule has 5 heteroatoms. The molecule has 1 aromatic carbocycles. The van der Waals surface area contributed by atoms with Crippen molar-refractivity contribution in [3.63, 3.8) is 0 Å². The molecule has 0 radical (unpaired) electrons. The number of ether oxygens (including phenoxy) is 2. The van der Waals surface area contributed by atoms with Gasteiger partial charge in [0, 0.05) is 11.1 Å². The highest BCUT2D eigenvalue weighted by molar-refractivity contribution is 5.96. The summed E-state index contributed by atoms with van der Waals surface area (Å²) in [6.07, 6.45) is 2.58. The summed E-state index contributed by atoms with van der Waals surface area (Å²) in [5.74, 6) is 0.0768. The van der Waals surface area contributed by atoms with Crippen LogP contribution in [-0.2, 0) is 9.47 Å². The van der Waals surface area contributed by atoms with Crippen molar-refractivity contribution >= 4 is 5.84 Å². The molecule has 3 N–H and O–H groups in total. The molecule has 1 aliphatic rings. The second-order valence-electron chi connectivity index (χ2n) is 2.98. The minimum Gasteiger partial charge on any atom is -0.455 e. The lowest BCUT2D eigenvalue weighted by atomic mass is 10.1. The zero-order valence-corrected chi connectivity index (χ0v) is 7.83. The average molecular weight is 206 g/mol. The van der Waals surface area contributed by atoms with E-state index in [2.05, 4.69) is 5.16 Å². The van der Waals surface area contributed by atoms with E-state index in [1.54, 1.807) is 24.3 Å². The molecule has 1 aromatic rings. The zero-order valence-electron chi connectivity index (χ0n) is 7.83. The lowest BCUT2D eigenvalue weighted by Crippen LogP contribution is -2.13. The Hall–Kier alpha value is -2.17. The second-order valence-corrected chi connectivity index (χ2v) is 2.98. The molecule has 0 aromatic heterocycles. The van der Waals surface area contributed by atoms with E-state index in [1.807, 2.05) is 0 Å². The van der Waals surface area contributed by atoms with Gasteiger partial charge in [0.25, 0.3) is 6.29 Å². The van der Waals surface area contributed by atoms with Crippen LogP contribution in [-0.4, -0.2) is 11.0 Å². The SMILES string of the molecule is NC(=NO)c1ccc(C2OC=CO2)cc1. The van der Waals surface area contributed by atoms with Crippen molar-refractivity contribution in [3.05, 3.63) is 47.9 Å². The van der Waals surface area contributed by atoms with Gasteiger partial charge < -0.3 is 20.4 Å². The fourth-order valence-corrected chi connectivity index (χ4v) is 1.26. The molecule has 0 saturated heterocycles. The molecule has 0 spiro atoms. The third-order valence-corrected chi connectivity index (χ3v) is 2.05. The average Bonchev–Trinajstić information content (AvgIpc) is 2.82. The second kappa shape index (κ2) is 3.91. The highest BCUT2D eigenvalue weighted by Crippen LogP contribution is 2.23. The first-order chi connectivity index (χ1) is 7.31. The summed E-state index contributed by atoms with van der Waals surface area (Å²) < 4.78 is 10.3. The van der Waals surface area contributed by atoms with Gasteiger partial charge in [0.1, 0.15) is 12.5 Å². The van der Waals surface area contributed by atoms with Crippen molar-refractivity contribution in [2.45, 2.75) is 6.29 Å². The monoisotopic (exact) mass is 206 g/mol. The van der Waals surface area contributed by atoms with Crippen LogP contribution in [0.2, 0.25) is 0 Å². The maximum atomic E-state index is 8.47. The number of hydrogen-bond acceptors (Lipinski definition) is 4. The Kier molecular flexibility index (Phi) is 2.45. The lowest BCUT2D eigenvalue weighted by Gasteiger charge is -2.10. The van der Waals surface area contributed by atoms with Crippen LogP contribution in [0.3, 0.4) is 0 Å². The Balaban J connectivity index is 2.17. The summed E-state index contributed by atoms with van der Waals surface area (Å²) in [5.41, 5.74) is 6.94. The standard InChI is InChI=1S/C10H10N2O3/c11-9(12-13)7-1-3-8(4-2-7)10-14-5-6-15-10/h1-6,10,13H,(H2,11,12). The third kappa shape index (κ3) is 1.85. The number of benzene rings is 1. The summed E-state index contributed by atoms with van der Waals surface area (Å²) in [5, 5.41) is 11.4. The molecule has 0 atom stereocenters.